The van der Waals surface area contributed by atoms with Crippen LogP contribution in [0.4, 0.5) is 5.82 Å². The Kier molecular flexibility index (Phi) is 4.28. The van der Waals surface area contributed by atoms with Crippen LogP contribution in [0.15, 0.2) is 24.5 Å². The number of fused-ring (bicyclic) bond motifs is 2. The van der Waals surface area contributed by atoms with Crippen molar-refractivity contribution < 1.29 is 0 Å². The molecule has 2 aromatic rings. The van der Waals surface area contributed by atoms with Gasteiger partial charge in [0.25, 0.3) is 0 Å². The van der Waals surface area contributed by atoms with E-state index in [2.05, 4.69) is 26.1 Å². The third-order valence-electron chi connectivity index (χ3n) is 5.77. The Balaban J connectivity index is 1.56. The maximum absolute atomic E-state index is 5.04. The molecule has 0 bridgehead atoms. The lowest BCUT2D eigenvalue weighted by molar-refractivity contribution is 0.382. The minimum absolute atomic E-state index is 0.589. The number of nitrogens with one attached hydrogen (secondary N) is 3. The summed E-state index contributed by atoms with van der Waals surface area (Å²) >= 11 is 0. The SMILES string of the molecule is c1cncc(-c2nc3c(c(N4CCC5NNCC5C4)n2)CCNCC3)c1. The Morgan fingerprint density at radius 3 is 3.04 bits per heavy atom. The van der Waals surface area contributed by atoms with Crippen LogP contribution >= 0.6 is 0 Å². The summed E-state index contributed by atoms with van der Waals surface area (Å²) in [5.74, 6) is 2.58. The number of rotatable bonds is 2. The molecule has 3 aliphatic heterocycles. The fourth-order valence-corrected chi connectivity index (χ4v) is 4.35. The Bertz CT molecular complexity index is 779. The van der Waals surface area contributed by atoms with Crippen LogP contribution in [0.2, 0.25) is 0 Å². The second-order valence-electron chi connectivity index (χ2n) is 7.41. The molecule has 5 rings (SSSR count). The van der Waals surface area contributed by atoms with Gasteiger partial charge in [-0.1, -0.05) is 0 Å². The van der Waals surface area contributed by atoms with Gasteiger partial charge in [-0.3, -0.25) is 15.8 Å². The van der Waals surface area contributed by atoms with Crippen LogP contribution in [0.25, 0.3) is 11.4 Å². The van der Waals surface area contributed by atoms with Gasteiger partial charge in [0.05, 0.1) is 5.69 Å². The molecule has 0 radical (unpaired) electrons. The number of anilines is 1. The number of hydrazine groups is 1. The van der Waals surface area contributed by atoms with E-state index in [4.69, 9.17) is 9.97 Å². The fourth-order valence-electron chi connectivity index (χ4n) is 4.35. The van der Waals surface area contributed by atoms with Crippen molar-refractivity contribution in [1.82, 2.24) is 31.1 Å². The predicted molar refractivity (Wildman–Crippen MR) is 101 cm³/mol. The van der Waals surface area contributed by atoms with Crippen LogP contribution in [0.1, 0.15) is 17.7 Å². The van der Waals surface area contributed by atoms with E-state index in [1.807, 2.05) is 18.3 Å². The highest BCUT2D eigenvalue weighted by atomic mass is 15.4. The van der Waals surface area contributed by atoms with Crippen molar-refractivity contribution in [3.63, 3.8) is 0 Å². The molecule has 0 amide bonds. The Morgan fingerprint density at radius 2 is 2.12 bits per heavy atom. The first kappa shape index (κ1) is 16.1. The number of hydrogen-bond acceptors (Lipinski definition) is 7. The molecule has 2 unspecified atom stereocenters. The molecule has 3 N–H and O–H groups in total. The summed E-state index contributed by atoms with van der Waals surface area (Å²) in [6, 6.07) is 4.59. The van der Waals surface area contributed by atoms with Crippen LogP contribution in [-0.4, -0.2) is 53.7 Å². The maximum atomic E-state index is 5.04. The zero-order chi connectivity index (χ0) is 17.3. The Labute approximate surface area is 153 Å². The third-order valence-corrected chi connectivity index (χ3v) is 5.77. The minimum Gasteiger partial charge on any atom is -0.356 e. The van der Waals surface area contributed by atoms with Gasteiger partial charge in [0.1, 0.15) is 5.82 Å². The molecule has 3 aliphatic rings. The van der Waals surface area contributed by atoms with Crippen molar-refractivity contribution in [3.8, 4) is 11.4 Å². The largest absolute Gasteiger partial charge is 0.356 e. The Hall–Kier alpha value is -2.09. The second-order valence-corrected chi connectivity index (χ2v) is 7.41. The van der Waals surface area contributed by atoms with E-state index < -0.39 is 0 Å². The molecule has 0 aromatic carbocycles. The van der Waals surface area contributed by atoms with Crippen molar-refractivity contribution in [2.45, 2.75) is 25.3 Å². The van der Waals surface area contributed by atoms with E-state index in [1.165, 1.54) is 11.3 Å². The molecule has 7 heteroatoms. The van der Waals surface area contributed by atoms with Gasteiger partial charge in [-0.2, -0.15) is 0 Å². The van der Waals surface area contributed by atoms with Crippen LogP contribution in [-0.2, 0) is 12.8 Å². The molecule has 0 spiro atoms. The molecule has 7 nitrogen and oxygen atoms in total. The van der Waals surface area contributed by atoms with Crippen LogP contribution in [0.5, 0.6) is 0 Å². The van der Waals surface area contributed by atoms with Crippen molar-refractivity contribution in [2.24, 2.45) is 5.92 Å². The molecular formula is C19H25N7. The third kappa shape index (κ3) is 2.96. The highest BCUT2D eigenvalue weighted by molar-refractivity contribution is 5.60. The summed E-state index contributed by atoms with van der Waals surface area (Å²) in [4.78, 5) is 16.7. The van der Waals surface area contributed by atoms with Crippen LogP contribution in [0, 0.1) is 5.92 Å². The monoisotopic (exact) mass is 351 g/mol. The topological polar surface area (TPSA) is 78.0 Å². The minimum atomic E-state index is 0.589. The fraction of sp³-hybridized carbons (Fsp3) is 0.526. The zero-order valence-corrected chi connectivity index (χ0v) is 14.9. The Morgan fingerprint density at radius 1 is 1.15 bits per heavy atom. The summed E-state index contributed by atoms with van der Waals surface area (Å²) in [7, 11) is 0. The van der Waals surface area contributed by atoms with Gasteiger partial charge in [-0.15, -0.1) is 0 Å². The van der Waals surface area contributed by atoms with Crippen molar-refractivity contribution >= 4 is 5.82 Å². The van der Waals surface area contributed by atoms with Gasteiger partial charge in [-0.05, 0) is 31.5 Å². The molecule has 136 valence electrons. The number of pyridine rings is 1. The summed E-state index contributed by atoms with van der Waals surface area (Å²) < 4.78 is 0. The first-order valence-electron chi connectivity index (χ1n) is 9.63. The summed E-state index contributed by atoms with van der Waals surface area (Å²) in [6.45, 7) is 5.10. The molecule has 5 heterocycles. The average molecular weight is 351 g/mol. The van der Waals surface area contributed by atoms with E-state index >= 15 is 0 Å². The quantitative estimate of drug-likeness (QED) is 0.728. The molecular weight excluding hydrogens is 326 g/mol. The van der Waals surface area contributed by atoms with Crippen LogP contribution < -0.4 is 21.1 Å². The average Bonchev–Trinajstić information content (AvgIpc) is 3.03. The standard InChI is InChI=1S/C19H25N7/c1-2-13(10-21-6-1)18-23-17-4-8-20-7-3-15(17)19(24-18)26-9-5-16-14(12-26)11-22-25-16/h1-2,6,10,14,16,20,22,25H,3-5,7-9,11-12H2. The normalized spacial score (nSPS) is 25.5. The number of aromatic nitrogens is 3. The lowest BCUT2D eigenvalue weighted by Gasteiger charge is -2.36. The highest BCUT2D eigenvalue weighted by Gasteiger charge is 2.34. The molecule has 2 aromatic heterocycles. The van der Waals surface area contributed by atoms with Crippen molar-refractivity contribution in [3.05, 3.63) is 35.8 Å². The molecule has 2 atom stereocenters. The van der Waals surface area contributed by atoms with Gasteiger partial charge >= 0.3 is 0 Å². The first-order chi connectivity index (χ1) is 12.9. The van der Waals surface area contributed by atoms with Gasteiger partial charge in [0.15, 0.2) is 5.82 Å². The number of piperidine rings is 1. The van der Waals surface area contributed by atoms with Gasteiger partial charge in [-0.25, -0.2) is 9.97 Å². The van der Waals surface area contributed by atoms with E-state index in [0.29, 0.717) is 12.0 Å². The van der Waals surface area contributed by atoms with Gasteiger partial charge in [0.2, 0.25) is 0 Å². The number of hydrogen-bond donors (Lipinski definition) is 3. The van der Waals surface area contributed by atoms with Crippen molar-refractivity contribution in [1.29, 1.82) is 0 Å². The maximum Gasteiger partial charge on any atom is 0.163 e. The van der Waals surface area contributed by atoms with E-state index in [1.54, 1.807) is 6.20 Å². The van der Waals surface area contributed by atoms with E-state index in [9.17, 15) is 0 Å². The lowest BCUT2D eigenvalue weighted by Crippen LogP contribution is -2.46. The molecule has 0 aliphatic carbocycles. The smallest absolute Gasteiger partial charge is 0.163 e. The van der Waals surface area contributed by atoms with E-state index in [-0.39, 0.29) is 0 Å². The molecule has 2 fully saturated rings. The van der Waals surface area contributed by atoms with Crippen LogP contribution in [0.3, 0.4) is 0 Å². The van der Waals surface area contributed by atoms with E-state index in [0.717, 1.165) is 69.2 Å². The van der Waals surface area contributed by atoms with Gasteiger partial charge < -0.3 is 10.2 Å². The highest BCUT2D eigenvalue weighted by Crippen LogP contribution is 2.30. The first-order valence-corrected chi connectivity index (χ1v) is 9.63. The molecule has 26 heavy (non-hydrogen) atoms. The van der Waals surface area contributed by atoms with Gasteiger partial charge in [0, 0.05) is 68.1 Å². The summed E-state index contributed by atoms with van der Waals surface area (Å²) in [6.07, 6.45) is 6.76. The predicted octanol–water partition coefficient (Wildman–Crippen LogP) is 0.530. The lowest BCUT2D eigenvalue weighted by atomic mass is 9.93. The summed E-state index contributed by atoms with van der Waals surface area (Å²) in [5, 5.41) is 3.50. The second kappa shape index (κ2) is 6.90. The van der Waals surface area contributed by atoms with Crippen molar-refractivity contribution in [2.75, 3.05) is 37.6 Å². The molecule has 2 saturated heterocycles. The summed E-state index contributed by atoms with van der Waals surface area (Å²) in [5.41, 5.74) is 10.3. The zero-order valence-electron chi connectivity index (χ0n) is 14.9. The number of nitrogens with zero attached hydrogens (tertiary/aromatic N) is 4. The molecule has 0 saturated carbocycles.